The van der Waals surface area contributed by atoms with Gasteiger partial charge < -0.3 is 15.8 Å². The van der Waals surface area contributed by atoms with Crippen molar-refractivity contribution in [3.63, 3.8) is 0 Å². The third kappa shape index (κ3) is 2.31. The maximum atomic E-state index is 12.1. The molecule has 0 atom stereocenters. The van der Waals surface area contributed by atoms with Crippen LogP contribution in [-0.4, -0.2) is 19.6 Å². The van der Waals surface area contributed by atoms with Gasteiger partial charge in [-0.05, 0) is 31.0 Å². The maximum absolute atomic E-state index is 12.1. The molecule has 2 rings (SSSR count). The summed E-state index contributed by atoms with van der Waals surface area (Å²) in [5.74, 6) is 0.573. The van der Waals surface area contributed by atoms with E-state index in [1.165, 1.54) is 0 Å². The number of carbonyl (C=O) groups excluding carboxylic acids is 1. The van der Waals surface area contributed by atoms with Crippen LogP contribution < -0.4 is 15.8 Å². The molecule has 4 nitrogen and oxygen atoms in total. The van der Waals surface area contributed by atoms with Crippen molar-refractivity contribution in [2.75, 3.05) is 19.0 Å². The average Bonchev–Trinajstić information content (AvgIpc) is 2.28. The lowest BCUT2D eigenvalue weighted by atomic mass is 9.68. The van der Waals surface area contributed by atoms with Gasteiger partial charge >= 0.3 is 0 Å². The predicted molar refractivity (Wildman–Crippen MR) is 72.0 cm³/mol. The number of benzene rings is 1. The van der Waals surface area contributed by atoms with Crippen molar-refractivity contribution in [3.05, 3.63) is 23.2 Å². The molecule has 1 aliphatic carbocycles. The number of halogens is 1. The van der Waals surface area contributed by atoms with Gasteiger partial charge in [0.1, 0.15) is 5.75 Å². The first-order valence-electron chi connectivity index (χ1n) is 5.96. The Hall–Kier alpha value is -1.26. The molecule has 1 aromatic carbocycles. The molecule has 0 saturated heterocycles. The van der Waals surface area contributed by atoms with E-state index in [2.05, 4.69) is 5.32 Å². The Labute approximate surface area is 111 Å². The van der Waals surface area contributed by atoms with Crippen LogP contribution in [0.5, 0.6) is 5.75 Å². The Kier molecular flexibility index (Phi) is 3.78. The second-order valence-corrected chi connectivity index (χ2v) is 5.05. The van der Waals surface area contributed by atoms with E-state index >= 15 is 0 Å². The fourth-order valence-electron chi connectivity index (χ4n) is 2.14. The first-order valence-corrected chi connectivity index (χ1v) is 6.34. The monoisotopic (exact) mass is 268 g/mol. The molecule has 0 aliphatic heterocycles. The number of rotatable bonds is 4. The topological polar surface area (TPSA) is 64.3 Å². The summed E-state index contributed by atoms with van der Waals surface area (Å²) in [6.07, 6.45) is 2.78. The zero-order chi connectivity index (χ0) is 13.2. The standard InChI is InChI=1S/C13H17ClN2O2/c1-18-11-4-3-9(7-10(11)14)16-12(17)13(8-15)5-2-6-13/h3-4,7H,2,5-6,8,15H2,1H3,(H,16,17). The first kappa shape index (κ1) is 13.2. The minimum atomic E-state index is -0.383. The molecule has 5 heteroatoms. The molecule has 18 heavy (non-hydrogen) atoms. The van der Waals surface area contributed by atoms with Crippen LogP contribution in [0.15, 0.2) is 18.2 Å². The summed E-state index contributed by atoms with van der Waals surface area (Å²) in [7, 11) is 1.55. The molecule has 1 saturated carbocycles. The molecule has 1 fully saturated rings. The number of methoxy groups -OCH3 is 1. The van der Waals surface area contributed by atoms with Gasteiger partial charge in [0.05, 0.1) is 17.5 Å². The molecule has 0 unspecified atom stereocenters. The van der Waals surface area contributed by atoms with E-state index in [1.807, 2.05) is 0 Å². The summed E-state index contributed by atoms with van der Waals surface area (Å²) in [5.41, 5.74) is 5.98. The molecule has 0 aromatic heterocycles. The second-order valence-electron chi connectivity index (χ2n) is 4.64. The minimum Gasteiger partial charge on any atom is -0.495 e. The summed E-state index contributed by atoms with van der Waals surface area (Å²) < 4.78 is 5.06. The molecular weight excluding hydrogens is 252 g/mol. The highest BCUT2D eigenvalue weighted by atomic mass is 35.5. The van der Waals surface area contributed by atoms with Crippen LogP contribution >= 0.6 is 11.6 Å². The third-order valence-electron chi connectivity index (χ3n) is 3.59. The largest absolute Gasteiger partial charge is 0.495 e. The van der Waals surface area contributed by atoms with Crippen LogP contribution in [0.25, 0.3) is 0 Å². The van der Waals surface area contributed by atoms with Gasteiger partial charge in [-0.25, -0.2) is 0 Å². The highest BCUT2D eigenvalue weighted by Crippen LogP contribution is 2.41. The number of carbonyl (C=O) groups is 1. The minimum absolute atomic E-state index is 0.0162. The molecule has 0 bridgehead atoms. The zero-order valence-electron chi connectivity index (χ0n) is 10.3. The molecule has 0 spiro atoms. The molecule has 1 aromatic rings. The van der Waals surface area contributed by atoms with E-state index in [9.17, 15) is 4.79 Å². The van der Waals surface area contributed by atoms with Crippen molar-refractivity contribution >= 4 is 23.2 Å². The number of nitrogens with two attached hydrogens (primary N) is 1. The van der Waals surface area contributed by atoms with Crippen molar-refractivity contribution in [1.29, 1.82) is 0 Å². The highest BCUT2D eigenvalue weighted by Gasteiger charge is 2.42. The van der Waals surface area contributed by atoms with Crippen LogP contribution in [0.3, 0.4) is 0 Å². The maximum Gasteiger partial charge on any atom is 0.231 e. The van der Waals surface area contributed by atoms with Crippen LogP contribution in [0.1, 0.15) is 19.3 Å². The van der Waals surface area contributed by atoms with Gasteiger partial charge in [-0.15, -0.1) is 0 Å². The molecular formula is C13H17ClN2O2. The first-order chi connectivity index (χ1) is 8.61. The Morgan fingerprint density at radius 2 is 2.28 bits per heavy atom. The van der Waals surface area contributed by atoms with Crippen LogP contribution in [-0.2, 0) is 4.79 Å². The normalized spacial score (nSPS) is 16.8. The Morgan fingerprint density at radius 1 is 1.56 bits per heavy atom. The van der Waals surface area contributed by atoms with E-state index in [0.717, 1.165) is 19.3 Å². The smallest absolute Gasteiger partial charge is 0.231 e. The molecule has 0 heterocycles. The lowest BCUT2D eigenvalue weighted by Crippen LogP contribution is -2.47. The van der Waals surface area contributed by atoms with Gasteiger partial charge in [-0.3, -0.25) is 4.79 Å². The van der Waals surface area contributed by atoms with Gasteiger partial charge in [-0.2, -0.15) is 0 Å². The fraction of sp³-hybridized carbons (Fsp3) is 0.462. The fourth-order valence-corrected chi connectivity index (χ4v) is 2.39. The summed E-state index contributed by atoms with van der Waals surface area (Å²) in [6.45, 7) is 0.392. The summed E-state index contributed by atoms with van der Waals surface area (Å²) in [6, 6.07) is 5.18. The number of nitrogens with one attached hydrogen (secondary N) is 1. The molecule has 1 amide bonds. The lowest BCUT2D eigenvalue weighted by molar-refractivity contribution is -0.129. The van der Waals surface area contributed by atoms with Crippen molar-refractivity contribution in [2.45, 2.75) is 19.3 Å². The number of amides is 1. The van der Waals surface area contributed by atoms with Crippen molar-refractivity contribution in [1.82, 2.24) is 0 Å². The van der Waals surface area contributed by atoms with Crippen LogP contribution in [0.4, 0.5) is 5.69 Å². The lowest BCUT2D eigenvalue weighted by Gasteiger charge is -2.39. The van der Waals surface area contributed by atoms with Gasteiger partial charge in [-0.1, -0.05) is 18.0 Å². The summed E-state index contributed by atoms with van der Waals surface area (Å²) in [5, 5.41) is 3.35. The van der Waals surface area contributed by atoms with E-state index in [0.29, 0.717) is 23.0 Å². The van der Waals surface area contributed by atoms with E-state index in [-0.39, 0.29) is 11.3 Å². The van der Waals surface area contributed by atoms with Crippen molar-refractivity contribution < 1.29 is 9.53 Å². The van der Waals surface area contributed by atoms with Crippen LogP contribution in [0.2, 0.25) is 5.02 Å². The molecule has 0 radical (unpaired) electrons. The van der Waals surface area contributed by atoms with Gasteiger partial charge in [0.25, 0.3) is 0 Å². The summed E-state index contributed by atoms with van der Waals surface area (Å²) in [4.78, 5) is 12.1. The third-order valence-corrected chi connectivity index (χ3v) is 3.89. The van der Waals surface area contributed by atoms with E-state index < -0.39 is 0 Å². The summed E-state index contributed by atoms with van der Waals surface area (Å²) >= 11 is 6.01. The Morgan fingerprint density at radius 3 is 2.72 bits per heavy atom. The molecule has 1 aliphatic rings. The SMILES string of the molecule is COc1ccc(NC(=O)C2(CN)CCC2)cc1Cl. The number of ether oxygens (including phenoxy) is 1. The highest BCUT2D eigenvalue weighted by molar-refractivity contribution is 6.32. The Balaban J connectivity index is 2.10. The number of hydrogen-bond acceptors (Lipinski definition) is 3. The van der Waals surface area contributed by atoms with Crippen molar-refractivity contribution in [3.8, 4) is 5.75 Å². The molecule has 98 valence electrons. The predicted octanol–water partition coefficient (Wildman–Crippen LogP) is 2.42. The van der Waals surface area contributed by atoms with E-state index in [1.54, 1.807) is 25.3 Å². The van der Waals surface area contributed by atoms with Crippen molar-refractivity contribution in [2.24, 2.45) is 11.1 Å². The van der Waals surface area contributed by atoms with Gasteiger partial charge in [0.15, 0.2) is 0 Å². The number of hydrogen-bond donors (Lipinski definition) is 2. The zero-order valence-corrected chi connectivity index (χ0v) is 11.1. The number of anilines is 1. The van der Waals surface area contributed by atoms with Crippen LogP contribution in [0, 0.1) is 5.41 Å². The quantitative estimate of drug-likeness (QED) is 0.881. The Bertz CT molecular complexity index is 453. The van der Waals surface area contributed by atoms with E-state index in [4.69, 9.17) is 22.1 Å². The van der Waals surface area contributed by atoms with Gasteiger partial charge in [0, 0.05) is 12.2 Å². The second kappa shape index (κ2) is 5.16. The van der Waals surface area contributed by atoms with Gasteiger partial charge in [0.2, 0.25) is 5.91 Å². The molecule has 3 N–H and O–H groups in total. The average molecular weight is 269 g/mol.